The van der Waals surface area contributed by atoms with Crippen LogP contribution in [-0.2, 0) is 16.1 Å². The third-order valence-corrected chi connectivity index (χ3v) is 5.97. The van der Waals surface area contributed by atoms with Crippen molar-refractivity contribution in [2.24, 2.45) is 0 Å². The van der Waals surface area contributed by atoms with Gasteiger partial charge in [-0.2, -0.15) is 0 Å². The first-order valence-electron chi connectivity index (χ1n) is 10.1. The molecule has 7 nitrogen and oxygen atoms in total. The van der Waals surface area contributed by atoms with Crippen LogP contribution >= 0.6 is 15.9 Å². The van der Waals surface area contributed by atoms with Gasteiger partial charge in [-0.1, -0.05) is 40.2 Å². The molecule has 0 radical (unpaired) electrons. The van der Waals surface area contributed by atoms with Gasteiger partial charge in [0, 0.05) is 35.5 Å². The monoisotopic (exact) mass is 495 g/mol. The third kappa shape index (κ3) is 4.31. The Morgan fingerprint density at radius 3 is 2.62 bits per heavy atom. The number of aromatic nitrogens is 2. The van der Waals surface area contributed by atoms with E-state index in [0.717, 1.165) is 10.0 Å². The topological polar surface area (TPSA) is 84.7 Å². The van der Waals surface area contributed by atoms with Gasteiger partial charge in [-0.05, 0) is 36.2 Å². The highest BCUT2D eigenvalue weighted by atomic mass is 79.9. The van der Waals surface area contributed by atoms with Gasteiger partial charge in [0.25, 0.3) is 11.7 Å². The van der Waals surface area contributed by atoms with E-state index in [1.165, 1.54) is 12.0 Å². The molecule has 2 aromatic carbocycles. The fourth-order valence-corrected chi connectivity index (χ4v) is 4.14. The molecule has 1 saturated heterocycles. The van der Waals surface area contributed by atoms with E-state index in [0.29, 0.717) is 30.8 Å². The smallest absolute Gasteiger partial charge is 0.295 e. The van der Waals surface area contributed by atoms with Crippen LogP contribution in [0.3, 0.4) is 0 Å². The molecule has 4 rings (SSSR count). The second kappa shape index (κ2) is 9.40. The summed E-state index contributed by atoms with van der Waals surface area (Å²) in [7, 11) is 1.53. The Bertz CT molecular complexity index is 1160. The lowest BCUT2D eigenvalue weighted by molar-refractivity contribution is -0.139. The second-order valence-electron chi connectivity index (χ2n) is 7.43. The molecule has 0 aliphatic carbocycles. The van der Waals surface area contributed by atoms with Gasteiger partial charge in [0.2, 0.25) is 0 Å². The molecule has 1 N–H and O–H groups in total. The minimum atomic E-state index is -0.694. The molecule has 1 aliphatic heterocycles. The van der Waals surface area contributed by atoms with Crippen LogP contribution in [0.5, 0.6) is 5.75 Å². The number of ether oxygens (including phenoxy) is 1. The molecule has 1 amide bonds. The number of hydrogen-bond donors (Lipinski definition) is 1. The van der Waals surface area contributed by atoms with Crippen LogP contribution < -0.4 is 4.74 Å². The van der Waals surface area contributed by atoms with E-state index >= 15 is 0 Å². The molecule has 1 atom stereocenters. The van der Waals surface area contributed by atoms with Gasteiger partial charge >= 0.3 is 0 Å². The lowest BCUT2D eigenvalue weighted by Crippen LogP contribution is -2.31. The summed E-state index contributed by atoms with van der Waals surface area (Å²) >= 11 is 3.42. The summed E-state index contributed by atoms with van der Waals surface area (Å²) in [6, 6.07) is 13.5. The number of Topliss-reactive ketones (excluding diaryl/α,β-unsaturated/α-hetero) is 1. The zero-order valence-electron chi connectivity index (χ0n) is 17.4. The Kier molecular flexibility index (Phi) is 6.41. The largest absolute Gasteiger partial charge is 0.507 e. The lowest BCUT2D eigenvalue weighted by Gasteiger charge is -2.25. The summed E-state index contributed by atoms with van der Waals surface area (Å²) in [5.41, 5.74) is 1.25. The van der Waals surface area contributed by atoms with Crippen LogP contribution in [-0.4, -0.2) is 44.9 Å². The van der Waals surface area contributed by atoms with Crippen molar-refractivity contribution < 1.29 is 19.4 Å². The highest BCUT2D eigenvalue weighted by Crippen LogP contribution is 2.40. The molecule has 0 bridgehead atoms. The maximum absolute atomic E-state index is 13.1. The van der Waals surface area contributed by atoms with Crippen molar-refractivity contribution in [3.8, 4) is 5.75 Å². The highest BCUT2D eigenvalue weighted by molar-refractivity contribution is 9.10. The molecule has 1 aromatic heterocycles. The zero-order valence-corrected chi connectivity index (χ0v) is 19.0. The summed E-state index contributed by atoms with van der Waals surface area (Å²) in [4.78, 5) is 31.6. The summed E-state index contributed by atoms with van der Waals surface area (Å²) < 4.78 is 8.04. The summed E-state index contributed by atoms with van der Waals surface area (Å²) in [6.07, 6.45) is 5.89. The molecule has 1 fully saturated rings. The minimum absolute atomic E-state index is 0.0770. The van der Waals surface area contributed by atoms with Crippen molar-refractivity contribution >= 4 is 33.4 Å². The minimum Gasteiger partial charge on any atom is -0.507 e. The Morgan fingerprint density at radius 2 is 1.94 bits per heavy atom. The molecule has 8 heteroatoms. The van der Waals surface area contributed by atoms with E-state index < -0.39 is 17.7 Å². The normalized spacial score (nSPS) is 17.7. The average molecular weight is 496 g/mol. The van der Waals surface area contributed by atoms with Gasteiger partial charge < -0.3 is 19.3 Å². The number of amides is 1. The molecule has 164 valence electrons. The van der Waals surface area contributed by atoms with E-state index in [2.05, 4.69) is 20.9 Å². The number of likely N-dealkylation sites (tertiary alicyclic amines) is 1. The number of imidazole rings is 1. The summed E-state index contributed by atoms with van der Waals surface area (Å²) in [5, 5.41) is 11.1. The predicted molar refractivity (Wildman–Crippen MR) is 123 cm³/mol. The second-order valence-corrected chi connectivity index (χ2v) is 8.35. The van der Waals surface area contributed by atoms with E-state index in [1.54, 1.807) is 36.8 Å². The van der Waals surface area contributed by atoms with E-state index in [4.69, 9.17) is 4.74 Å². The zero-order chi connectivity index (χ0) is 22.7. The van der Waals surface area contributed by atoms with Crippen LogP contribution in [0.4, 0.5) is 0 Å². The molecular formula is C24H22BrN3O4. The molecular weight excluding hydrogens is 474 g/mol. The van der Waals surface area contributed by atoms with Gasteiger partial charge in [-0.15, -0.1) is 0 Å². The fourth-order valence-electron chi connectivity index (χ4n) is 3.87. The summed E-state index contributed by atoms with van der Waals surface area (Å²) in [5.74, 6) is -0.982. The number of carbonyl (C=O) groups excluding carboxylic acids is 2. The summed E-state index contributed by atoms with van der Waals surface area (Å²) in [6.45, 7) is 1.02. The van der Waals surface area contributed by atoms with Crippen LogP contribution in [0.1, 0.15) is 23.6 Å². The number of ketones is 1. The average Bonchev–Trinajstić information content (AvgIpc) is 3.41. The number of hydrogen-bond acceptors (Lipinski definition) is 5. The van der Waals surface area contributed by atoms with Crippen molar-refractivity contribution in [1.82, 2.24) is 14.5 Å². The molecule has 32 heavy (non-hydrogen) atoms. The number of rotatable bonds is 7. The first kappa shape index (κ1) is 21.8. The molecule has 1 aliphatic rings. The number of benzene rings is 2. The number of halogens is 1. The Balaban J connectivity index is 1.73. The van der Waals surface area contributed by atoms with Crippen LogP contribution in [0, 0.1) is 0 Å². The van der Waals surface area contributed by atoms with Crippen molar-refractivity contribution in [2.45, 2.75) is 19.0 Å². The van der Waals surface area contributed by atoms with Crippen molar-refractivity contribution in [3.63, 3.8) is 0 Å². The predicted octanol–water partition coefficient (Wildman–Crippen LogP) is 4.17. The molecule has 3 aromatic rings. The standard InChI is InChI=1S/C24H22BrN3O4/c1-32-19-5-2-4-17(14-19)22(29)20-21(16-6-8-18(25)9-7-16)28(24(31)23(20)30)12-3-11-27-13-10-26-15-27/h2,4-10,13-15,21,29H,3,11-12H2,1H3/b22-20-. The Morgan fingerprint density at radius 1 is 1.16 bits per heavy atom. The number of aliphatic hydroxyl groups is 1. The highest BCUT2D eigenvalue weighted by Gasteiger charge is 2.45. The van der Waals surface area contributed by atoms with E-state index in [-0.39, 0.29) is 11.3 Å². The Labute approximate surface area is 194 Å². The lowest BCUT2D eigenvalue weighted by atomic mass is 9.95. The number of carbonyl (C=O) groups is 2. The van der Waals surface area contributed by atoms with Crippen LogP contribution in [0.15, 0.2) is 77.3 Å². The SMILES string of the molecule is COc1cccc(/C(O)=C2/C(=O)C(=O)N(CCCn3ccnc3)C2c2ccc(Br)cc2)c1. The van der Waals surface area contributed by atoms with Gasteiger partial charge in [0.15, 0.2) is 0 Å². The van der Waals surface area contributed by atoms with Gasteiger partial charge in [0.05, 0.1) is 25.1 Å². The Hall–Kier alpha value is -3.39. The maximum Gasteiger partial charge on any atom is 0.295 e. The van der Waals surface area contributed by atoms with Crippen LogP contribution in [0.25, 0.3) is 5.76 Å². The number of aryl methyl sites for hydroxylation is 1. The molecule has 1 unspecified atom stereocenters. The first-order chi connectivity index (χ1) is 15.5. The quantitative estimate of drug-likeness (QED) is 0.302. The van der Waals surface area contributed by atoms with Crippen molar-refractivity contribution in [2.75, 3.05) is 13.7 Å². The maximum atomic E-state index is 13.1. The van der Waals surface area contributed by atoms with E-state index in [1.807, 2.05) is 35.0 Å². The third-order valence-electron chi connectivity index (χ3n) is 5.44. The number of nitrogens with zero attached hydrogens (tertiary/aromatic N) is 3. The van der Waals surface area contributed by atoms with Gasteiger partial charge in [-0.25, -0.2) is 4.98 Å². The number of methoxy groups -OCH3 is 1. The molecule has 0 saturated carbocycles. The number of aliphatic hydroxyl groups excluding tert-OH is 1. The van der Waals surface area contributed by atoms with Gasteiger partial charge in [-0.3, -0.25) is 9.59 Å². The fraction of sp³-hybridized carbons (Fsp3) is 0.208. The molecule has 0 spiro atoms. The van der Waals surface area contributed by atoms with Gasteiger partial charge in [0.1, 0.15) is 11.5 Å². The molecule has 2 heterocycles. The van der Waals surface area contributed by atoms with Crippen LogP contribution in [0.2, 0.25) is 0 Å². The van der Waals surface area contributed by atoms with Crippen molar-refractivity contribution in [3.05, 3.63) is 88.4 Å². The van der Waals surface area contributed by atoms with E-state index in [9.17, 15) is 14.7 Å². The van der Waals surface area contributed by atoms with Crippen molar-refractivity contribution in [1.29, 1.82) is 0 Å². The first-order valence-corrected chi connectivity index (χ1v) is 10.9.